The standard InChI is InChI=1S/C18H18ClNO5S/c1-12(13-2-7-16-17(10-13)25-11-24-16)20-18(21)8-9-26(22,23)15-5-3-14(19)4-6-15/h2-7,10,12H,8-9,11H2,1H3,(H,20,21)/t12-/m0/s1. The lowest BCUT2D eigenvalue weighted by Gasteiger charge is -2.15. The highest BCUT2D eigenvalue weighted by Crippen LogP contribution is 2.34. The minimum absolute atomic E-state index is 0.125. The van der Waals surface area contributed by atoms with Crippen LogP contribution in [-0.4, -0.2) is 26.9 Å². The van der Waals surface area contributed by atoms with Crippen LogP contribution in [0.25, 0.3) is 0 Å². The zero-order valence-electron chi connectivity index (χ0n) is 14.1. The summed E-state index contributed by atoms with van der Waals surface area (Å²) in [5, 5.41) is 3.26. The lowest BCUT2D eigenvalue weighted by molar-refractivity contribution is -0.121. The zero-order valence-corrected chi connectivity index (χ0v) is 15.6. The Labute approximate surface area is 157 Å². The molecule has 26 heavy (non-hydrogen) atoms. The van der Waals surface area contributed by atoms with Crippen molar-refractivity contribution in [3.63, 3.8) is 0 Å². The molecule has 1 atom stereocenters. The predicted octanol–water partition coefficient (Wildman–Crippen LogP) is 3.11. The summed E-state index contributed by atoms with van der Waals surface area (Å²) in [4.78, 5) is 12.3. The van der Waals surface area contributed by atoms with Gasteiger partial charge in [0.2, 0.25) is 12.7 Å². The topological polar surface area (TPSA) is 81.7 Å². The molecular formula is C18H18ClNO5S. The Balaban J connectivity index is 1.57. The molecule has 1 aliphatic rings. The number of carbonyl (C=O) groups excluding carboxylic acids is 1. The van der Waals surface area contributed by atoms with Crippen molar-refractivity contribution in [2.75, 3.05) is 12.5 Å². The van der Waals surface area contributed by atoms with Crippen LogP contribution in [0.4, 0.5) is 0 Å². The van der Waals surface area contributed by atoms with Crippen molar-refractivity contribution in [1.82, 2.24) is 5.32 Å². The van der Waals surface area contributed by atoms with Gasteiger partial charge in [-0.05, 0) is 48.9 Å². The van der Waals surface area contributed by atoms with Gasteiger partial charge in [0, 0.05) is 11.4 Å². The summed E-state index contributed by atoms with van der Waals surface area (Å²) in [5.74, 6) is 0.692. The molecular weight excluding hydrogens is 378 g/mol. The number of carbonyl (C=O) groups is 1. The molecule has 0 fully saturated rings. The van der Waals surface area contributed by atoms with Gasteiger partial charge in [-0.2, -0.15) is 0 Å². The van der Waals surface area contributed by atoms with Crippen molar-refractivity contribution in [3.8, 4) is 11.5 Å². The quantitative estimate of drug-likeness (QED) is 0.812. The molecule has 0 spiro atoms. The van der Waals surface area contributed by atoms with Crippen LogP contribution in [0, 0.1) is 0 Å². The van der Waals surface area contributed by atoms with Crippen molar-refractivity contribution >= 4 is 27.3 Å². The third-order valence-corrected chi connectivity index (χ3v) is 6.03. The summed E-state index contributed by atoms with van der Waals surface area (Å²) in [6.45, 7) is 2.01. The summed E-state index contributed by atoms with van der Waals surface area (Å²) in [6.07, 6.45) is -0.125. The second kappa shape index (κ2) is 7.55. The van der Waals surface area contributed by atoms with Crippen LogP contribution in [0.15, 0.2) is 47.4 Å². The smallest absolute Gasteiger partial charge is 0.231 e. The maximum Gasteiger partial charge on any atom is 0.231 e. The molecule has 8 heteroatoms. The molecule has 2 aromatic rings. The van der Waals surface area contributed by atoms with Gasteiger partial charge in [0.05, 0.1) is 16.7 Å². The first-order valence-corrected chi connectivity index (χ1v) is 10.1. The summed E-state index contributed by atoms with van der Waals surface area (Å²) < 4.78 is 35.1. The first kappa shape index (κ1) is 18.5. The van der Waals surface area contributed by atoms with Gasteiger partial charge in [0.15, 0.2) is 21.3 Å². The van der Waals surface area contributed by atoms with Gasteiger partial charge in [-0.15, -0.1) is 0 Å². The summed E-state index contributed by atoms with van der Waals surface area (Å²) in [5.41, 5.74) is 0.850. The average molecular weight is 396 g/mol. The Kier molecular flexibility index (Phi) is 5.38. The highest BCUT2D eigenvalue weighted by molar-refractivity contribution is 7.91. The number of amides is 1. The molecule has 0 saturated carbocycles. The number of halogens is 1. The largest absolute Gasteiger partial charge is 0.454 e. The molecule has 0 aliphatic carbocycles. The Morgan fingerprint density at radius 1 is 1.15 bits per heavy atom. The van der Waals surface area contributed by atoms with Crippen LogP contribution < -0.4 is 14.8 Å². The fourth-order valence-electron chi connectivity index (χ4n) is 2.57. The molecule has 1 N–H and O–H groups in total. The Morgan fingerprint density at radius 3 is 2.58 bits per heavy atom. The van der Waals surface area contributed by atoms with Gasteiger partial charge < -0.3 is 14.8 Å². The van der Waals surface area contributed by atoms with Crippen molar-refractivity contribution in [3.05, 3.63) is 53.1 Å². The van der Waals surface area contributed by atoms with Crippen molar-refractivity contribution in [1.29, 1.82) is 0 Å². The van der Waals surface area contributed by atoms with Crippen molar-refractivity contribution < 1.29 is 22.7 Å². The van der Waals surface area contributed by atoms with E-state index in [1.54, 1.807) is 12.1 Å². The van der Waals surface area contributed by atoms with E-state index in [4.69, 9.17) is 21.1 Å². The lowest BCUT2D eigenvalue weighted by Crippen LogP contribution is -2.28. The summed E-state index contributed by atoms with van der Waals surface area (Å²) in [6, 6.07) is 11.0. The van der Waals surface area contributed by atoms with E-state index in [1.165, 1.54) is 24.3 Å². The fraction of sp³-hybridized carbons (Fsp3) is 0.278. The van der Waals surface area contributed by atoms with Crippen molar-refractivity contribution in [2.24, 2.45) is 0 Å². The van der Waals surface area contributed by atoms with Crippen LogP contribution in [0.1, 0.15) is 24.9 Å². The highest BCUT2D eigenvalue weighted by atomic mass is 35.5. The number of rotatable bonds is 6. The number of hydrogen-bond acceptors (Lipinski definition) is 5. The minimum atomic E-state index is -3.54. The maximum absolute atomic E-state index is 12.3. The van der Waals surface area contributed by atoms with Crippen LogP contribution in [0.5, 0.6) is 11.5 Å². The van der Waals surface area contributed by atoms with Gasteiger partial charge in [-0.1, -0.05) is 17.7 Å². The van der Waals surface area contributed by atoms with E-state index in [-0.39, 0.29) is 35.8 Å². The number of sulfone groups is 1. The number of nitrogens with one attached hydrogen (secondary N) is 1. The van der Waals surface area contributed by atoms with Crippen LogP contribution in [-0.2, 0) is 14.6 Å². The Morgan fingerprint density at radius 2 is 1.85 bits per heavy atom. The Bertz CT molecular complexity index is 912. The normalized spacial score (nSPS) is 14.1. The molecule has 6 nitrogen and oxygen atoms in total. The molecule has 1 amide bonds. The molecule has 0 radical (unpaired) electrons. The van der Waals surface area contributed by atoms with Gasteiger partial charge in [0.1, 0.15) is 0 Å². The SMILES string of the molecule is C[C@H](NC(=O)CCS(=O)(=O)c1ccc(Cl)cc1)c1ccc2c(c1)OCO2. The van der Waals surface area contributed by atoms with E-state index >= 15 is 0 Å². The van der Waals surface area contributed by atoms with Gasteiger partial charge in [-0.3, -0.25) is 4.79 Å². The minimum Gasteiger partial charge on any atom is -0.454 e. The van der Waals surface area contributed by atoms with Gasteiger partial charge >= 0.3 is 0 Å². The lowest BCUT2D eigenvalue weighted by atomic mass is 10.1. The molecule has 0 unspecified atom stereocenters. The molecule has 1 aliphatic heterocycles. The zero-order chi connectivity index (χ0) is 18.7. The van der Waals surface area contributed by atoms with E-state index in [0.29, 0.717) is 16.5 Å². The number of hydrogen-bond donors (Lipinski definition) is 1. The number of benzene rings is 2. The second-order valence-electron chi connectivity index (χ2n) is 5.92. The first-order chi connectivity index (χ1) is 12.3. The van der Waals surface area contributed by atoms with Gasteiger partial charge in [0.25, 0.3) is 0 Å². The molecule has 0 bridgehead atoms. The van der Waals surface area contributed by atoms with E-state index < -0.39 is 9.84 Å². The third-order valence-electron chi connectivity index (χ3n) is 4.04. The Hall–Kier alpha value is -2.25. The third kappa shape index (κ3) is 4.28. The maximum atomic E-state index is 12.3. The summed E-state index contributed by atoms with van der Waals surface area (Å²) >= 11 is 5.76. The van der Waals surface area contributed by atoms with E-state index in [9.17, 15) is 13.2 Å². The number of ether oxygens (including phenoxy) is 2. The highest BCUT2D eigenvalue weighted by Gasteiger charge is 2.19. The fourth-order valence-corrected chi connectivity index (χ4v) is 3.93. The van der Waals surface area contributed by atoms with Crippen LogP contribution in [0.2, 0.25) is 5.02 Å². The monoisotopic (exact) mass is 395 g/mol. The van der Waals surface area contributed by atoms with Crippen LogP contribution in [0.3, 0.4) is 0 Å². The predicted molar refractivity (Wildman–Crippen MR) is 97.2 cm³/mol. The van der Waals surface area contributed by atoms with E-state index in [2.05, 4.69) is 5.32 Å². The molecule has 138 valence electrons. The molecule has 0 saturated heterocycles. The van der Waals surface area contributed by atoms with E-state index in [0.717, 1.165) is 5.56 Å². The molecule has 3 rings (SSSR count). The molecule has 0 aromatic heterocycles. The molecule has 2 aromatic carbocycles. The first-order valence-electron chi connectivity index (χ1n) is 8.02. The molecule has 1 heterocycles. The van der Waals surface area contributed by atoms with E-state index in [1.807, 2.05) is 13.0 Å². The summed E-state index contributed by atoms with van der Waals surface area (Å²) in [7, 11) is -3.54. The van der Waals surface area contributed by atoms with Crippen molar-refractivity contribution in [2.45, 2.75) is 24.3 Å². The van der Waals surface area contributed by atoms with Crippen LogP contribution >= 0.6 is 11.6 Å². The number of fused-ring (bicyclic) bond motifs is 1. The average Bonchev–Trinajstić information content (AvgIpc) is 3.08. The van der Waals surface area contributed by atoms with Gasteiger partial charge in [-0.25, -0.2) is 8.42 Å². The second-order valence-corrected chi connectivity index (χ2v) is 8.47.